The Morgan fingerprint density at radius 2 is 1.67 bits per heavy atom. The van der Waals surface area contributed by atoms with Crippen LogP contribution in [0, 0.1) is 0 Å². The number of piperazine rings is 1. The topological polar surface area (TPSA) is 38.7 Å². The third-order valence-electron chi connectivity index (χ3n) is 4.27. The maximum atomic E-state index is 8.98. The summed E-state index contributed by atoms with van der Waals surface area (Å²) in [6, 6.07) is 11.2. The summed E-state index contributed by atoms with van der Waals surface area (Å²) in [5.41, 5.74) is 1.39. The monoisotopic (exact) mass is 291 g/mol. The van der Waals surface area contributed by atoms with Crippen LogP contribution in [0.15, 0.2) is 30.3 Å². The number of aliphatic hydroxyl groups is 1. The lowest BCUT2D eigenvalue weighted by Gasteiger charge is -2.35. The van der Waals surface area contributed by atoms with E-state index in [1.165, 1.54) is 5.56 Å². The molecule has 1 aliphatic rings. The van der Waals surface area contributed by atoms with Crippen LogP contribution < -0.4 is 5.32 Å². The lowest BCUT2D eigenvalue weighted by molar-refractivity contribution is 0.110. The van der Waals surface area contributed by atoms with Crippen LogP contribution in [0.25, 0.3) is 0 Å². The summed E-state index contributed by atoms with van der Waals surface area (Å²) >= 11 is 0. The number of benzene rings is 1. The van der Waals surface area contributed by atoms with Crippen molar-refractivity contribution in [1.29, 1.82) is 0 Å². The summed E-state index contributed by atoms with van der Waals surface area (Å²) in [6.07, 6.45) is 1.15. The highest BCUT2D eigenvalue weighted by Crippen LogP contribution is 2.17. The Bertz CT molecular complexity index is 377. The van der Waals surface area contributed by atoms with Gasteiger partial charge in [0, 0.05) is 45.3 Å². The molecule has 1 aromatic rings. The Hall–Kier alpha value is -0.940. The van der Waals surface area contributed by atoms with Gasteiger partial charge >= 0.3 is 0 Å². The average Bonchev–Trinajstić information content (AvgIpc) is 2.54. The Labute approximate surface area is 128 Å². The van der Waals surface area contributed by atoms with Gasteiger partial charge in [-0.2, -0.15) is 0 Å². The van der Waals surface area contributed by atoms with E-state index in [1.54, 1.807) is 0 Å². The minimum Gasteiger partial charge on any atom is -0.395 e. The number of hydrogen-bond donors (Lipinski definition) is 2. The van der Waals surface area contributed by atoms with Gasteiger partial charge in [-0.25, -0.2) is 0 Å². The molecule has 1 atom stereocenters. The first-order valence-electron chi connectivity index (χ1n) is 8.17. The van der Waals surface area contributed by atoms with Crippen molar-refractivity contribution in [1.82, 2.24) is 15.1 Å². The van der Waals surface area contributed by atoms with Crippen molar-refractivity contribution in [3.8, 4) is 0 Å². The highest BCUT2D eigenvalue weighted by atomic mass is 16.3. The predicted molar refractivity (Wildman–Crippen MR) is 87.4 cm³/mol. The number of aliphatic hydroxyl groups excluding tert-OH is 1. The Morgan fingerprint density at radius 1 is 1.05 bits per heavy atom. The molecule has 0 spiro atoms. The largest absolute Gasteiger partial charge is 0.395 e. The van der Waals surface area contributed by atoms with Crippen LogP contribution in [-0.2, 0) is 0 Å². The smallest absolute Gasteiger partial charge is 0.0558 e. The summed E-state index contributed by atoms with van der Waals surface area (Å²) in [4.78, 5) is 4.89. The Morgan fingerprint density at radius 3 is 2.24 bits per heavy atom. The van der Waals surface area contributed by atoms with Crippen LogP contribution in [0.1, 0.15) is 24.9 Å². The molecule has 118 valence electrons. The number of β-amino-alcohol motifs (C(OH)–C–C–N with tert-alkyl or cyclic N) is 1. The number of hydrogen-bond acceptors (Lipinski definition) is 4. The summed E-state index contributed by atoms with van der Waals surface area (Å²) in [7, 11) is 0. The van der Waals surface area contributed by atoms with E-state index in [0.29, 0.717) is 6.04 Å². The van der Waals surface area contributed by atoms with E-state index in [-0.39, 0.29) is 6.61 Å². The molecule has 0 bridgehead atoms. The number of nitrogens with zero attached hydrogens (tertiary/aromatic N) is 2. The van der Waals surface area contributed by atoms with Gasteiger partial charge in [0.25, 0.3) is 0 Å². The summed E-state index contributed by atoms with van der Waals surface area (Å²) in [5, 5.41) is 12.6. The molecule has 1 unspecified atom stereocenters. The van der Waals surface area contributed by atoms with Crippen LogP contribution in [-0.4, -0.2) is 67.3 Å². The molecule has 0 amide bonds. The van der Waals surface area contributed by atoms with Gasteiger partial charge < -0.3 is 15.3 Å². The molecule has 0 aliphatic carbocycles. The zero-order valence-electron chi connectivity index (χ0n) is 13.2. The zero-order valence-corrected chi connectivity index (χ0v) is 13.2. The van der Waals surface area contributed by atoms with Crippen molar-refractivity contribution in [2.45, 2.75) is 19.4 Å². The summed E-state index contributed by atoms with van der Waals surface area (Å²) in [6.45, 7) is 9.80. The van der Waals surface area contributed by atoms with Crippen LogP contribution >= 0.6 is 0 Å². The summed E-state index contributed by atoms with van der Waals surface area (Å²) in [5.74, 6) is 0. The average molecular weight is 291 g/mol. The van der Waals surface area contributed by atoms with Crippen molar-refractivity contribution < 1.29 is 5.11 Å². The molecule has 1 fully saturated rings. The molecule has 1 saturated heterocycles. The van der Waals surface area contributed by atoms with Crippen LogP contribution in [0.5, 0.6) is 0 Å². The normalized spacial score (nSPS) is 18.8. The maximum Gasteiger partial charge on any atom is 0.0558 e. The fourth-order valence-corrected chi connectivity index (χ4v) is 3.01. The standard InChI is InChI=1S/C17H29N3O/c1-2-18-17(16-6-4-3-5-7-16)8-9-19-10-12-20(13-11-19)14-15-21/h3-7,17-18,21H,2,8-15H2,1H3. The molecule has 2 N–H and O–H groups in total. The Balaban J connectivity index is 1.78. The minimum absolute atomic E-state index is 0.274. The highest BCUT2D eigenvalue weighted by molar-refractivity contribution is 5.18. The fourth-order valence-electron chi connectivity index (χ4n) is 3.01. The van der Waals surface area contributed by atoms with Gasteiger partial charge in [0.2, 0.25) is 0 Å². The molecule has 1 heterocycles. The fraction of sp³-hybridized carbons (Fsp3) is 0.647. The van der Waals surface area contributed by atoms with Crippen molar-refractivity contribution in [3.05, 3.63) is 35.9 Å². The minimum atomic E-state index is 0.274. The molecule has 4 heteroatoms. The van der Waals surface area contributed by atoms with Crippen molar-refractivity contribution in [2.75, 3.05) is 52.4 Å². The molecular weight excluding hydrogens is 262 g/mol. The lowest BCUT2D eigenvalue weighted by Crippen LogP contribution is -2.47. The molecular formula is C17H29N3O. The Kier molecular flexibility index (Phi) is 7.16. The van der Waals surface area contributed by atoms with E-state index in [4.69, 9.17) is 5.11 Å². The van der Waals surface area contributed by atoms with Gasteiger partial charge in [0.05, 0.1) is 6.61 Å². The van der Waals surface area contributed by atoms with Gasteiger partial charge in [0.15, 0.2) is 0 Å². The van der Waals surface area contributed by atoms with Crippen molar-refractivity contribution in [3.63, 3.8) is 0 Å². The quantitative estimate of drug-likeness (QED) is 0.758. The molecule has 21 heavy (non-hydrogen) atoms. The van der Waals surface area contributed by atoms with Gasteiger partial charge in [-0.15, -0.1) is 0 Å². The second-order valence-corrected chi connectivity index (χ2v) is 5.72. The molecule has 0 saturated carbocycles. The first-order chi connectivity index (χ1) is 10.3. The molecule has 0 radical (unpaired) electrons. The third kappa shape index (κ3) is 5.40. The SMILES string of the molecule is CCNC(CCN1CCN(CCO)CC1)c1ccccc1. The first-order valence-corrected chi connectivity index (χ1v) is 8.17. The third-order valence-corrected chi connectivity index (χ3v) is 4.27. The van der Waals surface area contributed by atoms with E-state index in [9.17, 15) is 0 Å². The van der Waals surface area contributed by atoms with E-state index in [1.807, 2.05) is 0 Å². The summed E-state index contributed by atoms with van der Waals surface area (Å²) < 4.78 is 0. The van der Waals surface area contributed by atoms with E-state index in [2.05, 4.69) is 52.4 Å². The lowest BCUT2D eigenvalue weighted by atomic mass is 10.0. The van der Waals surface area contributed by atoms with Crippen molar-refractivity contribution >= 4 is 0 Å². The van der Waals surface area contributed by atoms with Crippen LogP contribution in [0.2, 0.25) is 0 Å². The second kappa shape index (κ2) is 9.15. The molecule has 4 nitrogen and oxygen atoms in total. The van der Waals surface area contributed by atoms with Gasteiger partial charge in [-0.05, 0) is 18.5 Å². The van der Waals surface area contributed by atoms with Crippen LogP contribution in [0.4, 0.5) is 0 Å². The zero-order chi connectivity index (χ0) is 14.9. The van der Waals surface area contributed by atoms with E-state index < -0.39 is 0 Å². The number of nitrogens with one attached hydrogen (secondary N) is 1. The highest BCUT2D eigenvalue weighted by Gasteiger charge is 2.18. The predicted octanol–water partition coefficient (Wildman–Crippen LogP) is 1.34. The van der Waals surface area contributed by atoms with Gasteiger partial charge in [-0.1, -0.05) is 37.3 Å². The molecule has 1 aliphatic heterocycles. The van der Waals surface area contributed by atoms with E-state index in [0.717, 1.165) is 52.2 Å². The molecule has 0 aromatic heterocycles. The van der Waals surface area contributed by atoms with Gasteiger partial charge in [-0.3, -0.25) is 4.90 Å². The molecule has 2 rings (SSSR count). The van der Waals surface area contributed by atoms with Gasteiger partial charge in [0.1, 0.15) is 0 Å². The van der Waals surface area contributed by atoms with Crippen molar-refractivity contribution in [2.24, 2.45) is 0 Å². The maximum absolute atomic E-state index is 8.98. The van der Waals surface area contributed by atoms with E-state index >= 15 is 0 Å². The first kappa shape index (κ1) is 16.4. The second-order valence-electron chi connectivity index (χ2n) is 5.72. The van der Waals surface area contributed by atoms with Crippen LogP contribution in [0.3, 0.4) is 0 Å². The number of rotatable bonds is 8. The molecule has 1 aromatic carbocycles.